The SMILES string of the molecule is CCCNC(=O)c1ccccc1NC(=O)c1ccc(CC)cc1. The summed E-state index contributed by atoms with van der Waals surface area (Å²) < 4.78 is 0. The minimum absolute atomic E-state index is 0.177. The molecule has 0 aromatic heterocycles. The summed E-state index contributed by atoms with van der Waals surface area (Å²) >= 11 is 0. The van der Waals surface area contributed by atoms with Crippen LogP contribution >= 0.6 is 0 Å². The van der Waals surface area contributed by atoms with Gasteiger partial charge in [-0.25, -0.2) is 0 Å². The molecule has 4 nitrogen and oxygen atoms in total. The molecule has 0 atom stereocenters. The molecule has 0 aliphatic carbocycles. The molecular formula is C19H22N2O2. The maximum Gasteiger partial charge on any atom is 0.255 e. The summed E-state index contributed by atoms with van der Waals surface area (Å²) in [7, 11) is 0. The van der Waals surface area contributed by atoms with E-state index in [2.05, 4.69) is 17.6 Å². The van der Waals surface area contributed by atoms with Gasteiger partial charge in [-0.2, -0.15) is 0 Å². The molecule has 2 aromatic carbocycles. The summed E-state index contributed by atoms with van der Waals surface area (Å²) in [6.07, 6.45) is 1.80. The van der Waals surface area contributed by atoms with Gasteiger partial charge >= 0.3 is 0 Å². The highest BCUT2D eigenvalue weighted by Gasteiger charge is 2.13. The highest BCUT2D eigenvalue weighted by atomic mass is 16.2. The molecule has 2 rings (SSSR count). The van der Waals surface area contributed by atoms with Crippen LogP contribution in [0.15, 0.2) is 48.5 Å². The van der Waals surface area contributed by atoms with Gasteiger partial charge in [0.2, 0.25) is 0 Å². The number of benzene rings is 2. The monoisotopic (exact) mass is 310 g/mol. The molecule has 0 heterocycles. The predicted octanol–water partition coefficient (Wildman–Crippen LogP) is 3.64. The fourth-order valence-electron chi connectivity index (χ4n) is 2.21. The number of aryl methyl sites for hydroxylation is 1. The standard InChI is InChI=1S/C19H22N2O2/c1-3-13-20-19(23)16-7-5-6-8-17(16)21-18(22)15-11-9-14(4-2)10-12-15/h5-12H,3-4,13H2,1-2H3,(H,20,23)(H,21,22). The topological polar surface area (TPSA) is 58.2 Å². The minimum atomic E-state index is -0.219. The van der Waals surface area contributed by atoms with Gasteiger partial charge in [0, 0.05) is 12.1 Å². The number of hydrogen-bond donors (Lipinski definition) is 2. The third kappa shape index (κ3) is 4.42. The fraction of sp³-hybridized carbons (Fsp3) is 0.263. The number of para-hydroxylation sites is 1. The fourth-order valence-corrected chi connectivity index (χ4v) is 2.21. The van der Waals surface area contributed by atoms with Crippen molar-refractivity contribution in [1.29, 1.82) is 0 Å². The van der Waals surface area contributed by atoms with Gasteiger partial charge in [0.15, 0.2) is 0 Å². The first-order chi connectivity index (χ1) is 11.2. The van der Waals surface area contributed by atoms with Crippen molar-refractivity contribution in [1.82, 2.24) is 5.32 Å². The molecule has 2 amide bonds. The Morgan fingerprint density at radius 3 is 2.26 bits per heavy atom. The zero-order valence-corrected chi connectivity index (χ0v) is 13.6. The molecule has 0 saturated carbocycles. The van der Waals surface area contributed by atoms with Crippen molar-refractivity contribution in [3.05, 3.63) is 65.2 Å². The van der Waals surface area contributed by atoms with Crippen LogP contribution in [0.1, 0.15) is 46.5 Å². The van der Waals surface area contributed by atoms with Crippen LogP contribution in [-0.4, -0.2) is 18.4 Å². The Balaban J connectivity index is 2.15. The Morgan fingerprint density at radius 1 is 0.913 bits per heavy atom. The van der Waals surface area contributed by atoms with Crippen molar-refractivity contribution < 1.29 is 9.59 Å². The molecular weight excluding hydrogens is 288 g/mol. The zero-order valence-electron chi connectivity index (χ0n) is 13.6. The third-order valence-corrected chi connectivity index (χ3v) is 3.58. The van der Waals surface area contributed by atoms with E-state index in [0.717, 1.165) is 12.8 Å². The van der Waals surface area contributed by atoms with Crippen LogP contribution in [0.2, 0.25) is 0 Å². The largest absolute Gasteiger partial charge is 0.352 e. The lowest BCUT2D eigenvalue weighted by atomic mass is 10.1. The summed E-state index contributed by atoms with van der Waals surface area (Å²) in [5, 5.41) is 5.65. The average molecular weight is 310 g/mol. The van der Waals surface area contributed by atoms with E-state index in [9.17, 15) is 9.59 Å². The van der Waals surface area contributed by atoms with Crippen LogP contribution in [0, 0.1) is 0 Å². The number of amides is 2. The first-order valence-electron chi connectivity index (χ1n) is 7.93. The second kappa shape index (κ2) is 8.13. The molecule has 0 radical (unpaired) electrons. The van der Waals surface area contributed by atoms with Crippen LogP contribution in [0.4, 0.5) is 5.69 Å². The van der Waals surface area contributed by atoms with Gasteiger partial charge in [0.25, 0.3) is 11.8 Å². The summed E-state index contributed by atoms with van der Waals surface area (Å²) in [5.41, 5.74) is 2.75. The highest BCUT2D eigenvalue weighted by Crippen LogP contribution is 2.16. The van der Waals surface area contributed by atoms with Gasteiger partial charge in [0.1, 0.15) is 0 Å². The van der Waals surface area contributed by atoms with E-state index in [0.29, 0.717) is 23.4 Å². The van der Waals surface area contributed by atoms with Crippen LogP contribution in [0.25, 0.3) is 0 Å². The van der Waals surface area contributed by atoms with Gasteiger partial charge < -0.3 is 10.6 Å². The third-order valence-electron chi connectivity index (χ3n) is 3.58. The van der Waals surface area contributed by atoms with E-state index in [-0.39, 0.29) is 11.8 Å². The maximum absolute atomic E-state index is 12.4. The van der Waals surface area contributed by atoms with Crippen LogP contribution in [0.5, 0.6) is 0 Å². The molecule has 0 aliphatic rings. The lowest BCUT2D eigenvalue weighted by Crippen LogP contribution is -2.25. The van der Waals surface area contributed by atoms with Gasteiger partial charge in [0.05, 0.1) is 11.3 Å². The van der Waals surface area contributed by atoms with E-state index in [1.807, 2.05) is 19.1 Å². The zero-order chi connectivity index (χ0) is 16.7. The molecule has 0 fully saturated rings. The second-order valence-electron chi connectivity index (χ2n) is 5.31. The number of rotatable bonds is 6. The quantitative estimate of drug-likeness (QED) is 0.856. The summed E-state index contributed by atoms with van der Waals surface area (Å²) in [6.45, 7) is 4.67. The molecule has 4 heteroatoms. The first-order valence-corrected chi connectivity index (χ1v) is 7.93. The minimum Gasteiger partial charge on any atom is -0.352 e. The van der Waals surface area contributed by atoms with Crippen molar-refractivity contribution in [3.8, 4) is 0 Å². The van der Waals surface area contributed by atoms with Gasteiger partial charge in [-0.05, 0) is 42.7 Å². The van der Waals surface area contributed by atoms with E-state index < -0.39 is 0 Å². The van der Waals surface area contributed by atoms with E-state index >= 15 is 0 Å². The molecule has 0 bridgehead atoms. The predicted molar refractivity (Wildman–Crippen MR) is 92.8 cm³/mol. The Hall–Kier alpha value is -2.62. The molecule has 2 aromatic rings. The van der Waals surface area contributed by atoms with Gasteiger partial charge in [-0.1, -0.05) is 38.1 Å². The number of nitrogens with one attached hydrogen (secondary N) is 2. The number of anilines is 1. The highest BCUT2D eigenvalue weighted by molar-refractivity contribution is 6.09. The van der Waals surface area contributed by atoms with E-state index in [1.54, 1.807) is 36.4 Å². The Morgan fingerprint density at radius 2 is 1.61 bits per heavy atom. The van der Waals surface area contributed by atoms with Gasteiger partial charge in [-0.15, -0.1) is 0 Å². The molecule has 0 aliphatic heterocycles. The molecule has 120 valence electrons. The lowest BCUT2D eigenvalue weighted by molar-refractivity contribution is 0.0954. The first kappa shape index (κ1) is 16.7. The van der Waals surface area contributed by atoms with E-state index in [4.69, 9.17) is 0 Å². The van der Waals surface area contributed by atoms with Crippen LogP contribution < -0.4 is 10.6 Å². The van der Waals surface area contributed by atoms with Crippen molar-refractivity contribution in [2.24, 2.45) is 0 Å². The summed E-state index contributed by atoms with van der Waals surface area (Å²) in [6, 6.07) is 14.5. The maximum atomic E-state index is 12.4. The van der Waals surface area contributed by atoms with Crippen molar-refractivity contribution in [2.45, 2.75) is 26.7 Å². The number of carbonyl (C=O) groups is 2. The smallest absolute Gasteiger partial charge is 0.255 e. The van der Waals surface area contributed by atoms with E-state index in [1.165, 1.54) is 5.56 Å². The van der Waals surface area contributed by atoms with Crippen molar-refractivity contribution >= 4 is 17.5 Å². The number of carbonyl (C=O) groups excluding carboxylic acids is 2. The Labute approximate surface area is 136 Å². The average Bonchev–Trinajstić information content (AvgIpc) is 2.60. The van der Waals surface area contributed by atoms with Crippen LogP contribution in [0.3, 0.4) is 0 Å². The molecule has 2 N–H and O–H groups in total. The normalized spacial score (nSPS) is 10.2. The van der Waals surface area contributed by atoms with Gasteiger partial charge in [-0.3, -0.25) is 9.59 Å². The molecule has 0 saturated heterocycles. The molecule has 0 spiro atoms. The summed E-state index contributed by atoms with van der Waals surface area (Å²) in [5.74, 6) is -0.396. The number of hydrogen-bond acceptors (Lipinski definition) is 2. The Bertz CT molecular complexity index is 678. The second-order valence-corrected chi connectivity index (χ2v) is 5.31. The molecule has 23 heavy (non-hydrogen) atoms. The van der Waals surface area contributed by atoms with Crippen LogP contribution in [-0.2, 0) is 6.42 Å². The molecule has 0 unspecified atom stereocenters. The Kier molecular flexibility index (Phi) is 5.92. The van der Waals surface area contributed by atoms with Crippen molar-refractivity contribution in [3.63, 3.8) is 0 Å². The lowest BCUT2D eigenvalue weighted by Gasteiger charge is -2.11. The van der Waals surface area contributed by atoms with Crippen molar-refractivity contribution in [2.75, 3.05) is 11.9 Å². The summed E-state index contributed by atoms with van der Waals surface area (Å²) in [4.78, 5) is 24.5.